The first-order chi connectivity index (χ1) is 15.3. The Hall–Kier alpha value is -3.41. The lowest BCUT2D eigenvalue weighted by Gasteiger charge is -2.38. The van der Waals surface area contributed by atoms with Gasteiger partial charge in [-0.05, 0) is 50.8 Å². The fraction of sp³-hybridized carbons (Fsp3) is 0.346. The first-order valence-corrected chi connectivity index (χ1v) is 11.0. The van der Waals surface area contributed by atoms with E-state index in [4.69, 9.17) is 4.74 Å². The van der Waals surface area contributed by atoms with Crippen LogP contribution in [0.1, 0.15) is 38.7 Å². The molecule has 6 nitrogen and oxygen atoms in total. The normalized spacial score (nSPS) is 18.9. The molecule has 2 heterocycles. The monoisotopic (exact) mass is 431 g/mol. The molecule has 166 valence electrons. The standard InChI is InChI=1S/C26H29N3O3/c1-26(2,3)32-25(31)29-16-14-20(18-9-5-4-6-10-18)21(17-29)24(30)28-22-13-7-11-19-12-8-15-27-23(19)22/h4-13,15,20-21H,14,16-17H2,1-3H3,(H,28,30)/t20-,21-/m0/s1. The minimum absolute atomic E-state index is 0.0119. The van der Waals surface area contributed by atoms with Gasteiger partial charge in [-0.2, -0.15) is 0 Å². The van der Waals surface area contributed by atoms with Crippen molar-refractivity contribution >= 4 is 28.6 Å². The molecule has 0 aliphatic carbocycles. The zero-order chi connectivity index (χ0) is 22.7. The Morgan fingerprint density at radius 1 is 1.03 bits per heavy atom. The fourth-order valence-corrected chi connectivity index (χ4v) is 4.24. The molecule has 1 saturated heterocycles. The van der Waals surface area contributed by atoms with E-state index in [-0.39, 0.29) is 17.9 Å². The van der Waals surface area contributed by atoms with Gasteiger partial charge in [-0.15, -0.1) is 0 Å². The van der Waals surface area contributed by atoms with Crippen LogP contribution in [0.25, 0.3) is 10.9 Å². The number of fused-ring (bicyclic) bond motifs is 1. The summed E-state index contributed by atoms with van der Waals surface area (Å²) < 4.78 is 5.57. The van der Waals surface area contributed by atoms with Crippen LogP contribution in [-0.4, -0.2) is 40.6 Å². The lowest BCUT2D eigenvalue weighted by atomic mass is 9.80. The Kier molecular flexibility index (Phi) is 6.12. The molecule has 1 aliphatic rings. The molecule has 0 bridgehead atoms. The number of carbonyl (C=O) groups is 2. The third kappa shape index (κ3) is 4.90. The Balaban J connectivity index is 1.60. The van der Waals surface area contributed by atoms with Crippen molar-refractivity contribution in [3.05, 3.63) is 72.4 Å². The highest BCUT2D eigenvalue weighted by Gasteiger charge is 2.38. The van der Waals surface area contributed by atoms with Crippen molar-refractivity contribution in [3.63, 3.8) is 0 Å². The summed E-state index contributed by atoms with van der Waals surface area (Å²) in [6.45, 7) is 6.39. The van der Waals surface area contributed by atoms with Crippen molar-refractivity contribution in [2.75, 3.05) is 18.4 Å². The Morgan fingerprint density at radius 3 is 2.53 bits per heavy atom. The highest BCUT2D eigenvalue weighted by molar-refractivity contribution is 6.01. The molecule has 2 amide bonds. The van der Waals surface area contributed by atoms with Crippen LogP contribution in [-0.2, 0) is 9.53 Å². The summed E-state index contributed by atoms with van der Waals surface area (Å²) in [6, 6.07) is 19.6. The van der Waals surface area contributed by atoms with Crippen molar-refractivity contribution in [2.24, 2.45) is 5.92 Å². The second-order valence-corrected chi connectivity index (χ2v) is 9.21. The molecule has 3 aromatic rings. The summed E-state index contributed by atoms with van der Waals surface area (Å²) in [4.78, 5) is 32.3. The maximum absolute atomic E-state index is 13.5. The van der Waals surface area contributed by atoms with Crippen LogP contribution in [0.4, 0.5) is 10.5 Å². The lowest BCUT2D eigenvalue weighted by Crippen LogP contribution is -2.48. The van der Waals surface area contributed by atoms with Gasteiger partial charge in [0.2, 0.25) is 5.91 Å². The van der Waals surface area contributed by atoms with Crippen LogP contribution in [0.3, 0.4) is 0 Å². The third-order valence-electron chi connectivity index (χ3n) is 5.72. The van der Waals surface area contributed by atoms with Gasteiger partial charge in [0.05, 0.1) is 17.1 Å². The SMILES string of the molecule is CC(C)(C)OC(=O)N1CC[C@@H](c2ccccc2)[C@@H](C(=O)Nc2cccc3cccnc23)C1. The van der Waals surface area contributed by atoms with Gasteiger partial charge in [0.1, 0.15) is 5.60 Å². The number of carbonyl (C=O) groups excluding carboxylic acids is 2. The third-order valence-corrected chi connectivity index (χ3v) is 5.72. The number of nitrogens with one attached hydrogen (secondary N) is 1. The molecule has 0 unspecified atom stereocenters. The number of para-hydroxylation sites is 1. The predicted molar refractivity (Wildman–Crippen MR) is 125 cm³/mol. The fourth-order valence-electron chi connectivity index (χ4n) is 4.24. The Labute approximate surface area is 188 Å². The molecule has 1 aliphatic heterocycles. The average Bonchev–Trinajstić information content (AvgIpc) is 2.78. The van der Waals surface area contributed by atoms with E-state index in [1.165, 1.54) is 0 Å². The minimum atomic E-state index is -0.584. The molecule has 0 spiro atoms. The zero-order valence-electron chi connectivity index (χ0n) is 18.7. The van der Waals surface area contributed by atoms with Crippen LogP contribution in [0.2, 0.25) is 0 Å². The largest absolute Gasteiger partial charge is 0.444 e. The van der Waals surface area contributed by atoms with Crippen molar-refractivity contribution in [1.29, 1.82) is 0 Å². The number of nitrogens with zero attached hydrogens (tertiary/aromatic N) is 2. The Morgan fingerprint density at radius 2 is 1.78 bits per heavy atom. The molecule has 2 atom stereocenters. The molecule has 6 heteroatoms. The number of piperidine rings is 1. The number of amides is 2. The van der Waals surface area contributed by atoms with Crippen molar-refractivity contribution in [2.45, 2.75) is 38.7 Å². The number of benzene rings is 2. The molecule has 2 aromatic carbocycles. The van der Waals surface area contributed by atoms with E-state index in [9.17, 15) is 9.59 Å². The number of pyridine rings is 1. The van der Waals surface area contributed by atoms with Crippen LogP contribution in [0, 0.1) is 5.92 Å². The summed E-state index contributed by atoms with van der Waals surface area (Å²) >= 11 is 0. The van der Waals surface area contributed by atoms with Crippen molar-refractivity contribution < 1.29 is 14.3 Å². The van der Waals surface area contributed by atoms with Gasteiger partial charge >= 0.3 is 6.09 Å². The summed E-state index contributed by atoms with van der Waals surface area (Å²) in [5, 5.41) is 4.04. The predicted octanol–water partition coefficient (Wildman–Crippen LogP) is 5.21. The first kappa shape index (κ1) is 21.8. The summed E-state index contributed by atoms with van der Waals surface area (Å²) in [6.07, 6.45) is 2.03. The van der Waals surface area contributed by atoms with Crippen molar-refractivity contribution in [1.82, 2.24) is 9.88 Å². The van der Waals surface area contributed by atoms with Crippen LogP contribution >= 0.6 is 0 Å². The molecule has 1 aromatic heterocycles. The topological polar surface area (TPSA) is 71.5 Å². The summed E-state index contributed by atoms with van der Waals surface area (Å²) in [7, 11) is 0. The van der Waals surface area contributed by atoms with E-state index in [2.05, 4.69) is 10.3 Å². The first-order valence-electron chi connectivity index (χ1n) is 11.0. The van der Waals surface area contributed by atoms with Gasteiger partial charge < -0.3 is 15.0 Å². The minimum Gasteiger partial charge on any atom is -0.444 e. The second kappa shape index (κ2) is 8.99. The van der Waals surface area contributed by atoms with E-state index >= 15 is 0 Å². The van der Waals surface area contributed by atoms with Crippen LogP contribution < -0.4 is 5.32 Å². The lowest BCUT2D eigenvalue weighted by molar-refractivity contribution is -0.122. The number of rotatable bonds is 3. The molecular weight excluding hydrogens is 402 g/mol. The number of hydrogen-bond acceptors (Lipinski definition) is 4. The van der Waals surface area contributed by atoms with E-state index < -0.39 is 11.5 Å². The highest BCUT2D eigenvalue weighted by atomic mass is 16.6. The van der Waals surface area contributed by atoms with Gasteiger partial charge in [-0.3, -0.25) is 9.78 Å². The molecular formula is C26H29N3O3. The molecule has 1 fully saturated rings. The smallest absolute Gasteiger partial charge is 0.410 e. The maximum atomic E-state index is 13.5. The van der Waals surface area contributed by atoms with Gasteiger partial charge in [-0.25, -0.2) is 4.79 Å². The summed E-state index contributed by atoms with van der Waals surface area (Å²) in [5.41, 5.74) is 1.95. The Bertz CT molecular complexity index is 1100. The van der Waals surface area contributed by atoms with Crippen molar-refractivity contribution in [3.8, 4) is 0 Å². The molecule has 4 rings (SSSR count). The maximum Gasteiger partial charge on any atom is 0.410 e. The number of aromatic nitrogens is 1. The molecule has 0 saturated carbocycles. The number of ether oxygens (including phenoxy) is 1. The van der Waals surface area contributed by atoms with E-state index in [0.717, 1.165) is 16.5 Å². The second-order valence-electron chi connectivity index (χ2n) is 9.21. The quantitative estimate of drug-likeness (QED) is 0.618. The molecule has 32 heavy (non-hydrogen) atoms. The highest BCUT2D eigenvalue weighted by Crippen LogP contribution is 2.35. The number of hydrogen-bond donors (Lipinski definition) is 1. The van der Waals surface area contributed by atoms with E-state index in [0.29, 0.717) is 25.2 Å². The molecule has 0 radical (unpaired) electrons. The van der Waals surface area contributed by atoms with E-state index in [1.54, 1.807) is 11.1 Å². The summed E-state index contributed by atoms with van der Waals surface area (Å²) in [5.74, 6) is -0.513. The van der Waals surface area contributed by atoms with E-state index in [1.807, 2.05) is 81.4 Å². The van der Waals surface area contributed by atoms with Crippen LogP contribution in [0.15, 0.2) is 66.9 Å². The molecule has 1 N–H and O–H groups in total. The number of likely N-dealkylation sites (tertiary alicyclic amines) is 1. The van der Waals surface area contributed by atoms with Gasteiger partial charge in [0.25, 0.3) is 0 Å². The zero-order valence-corrected chi connectivity index (χ0v) is 18.7. The van der Waals surface area contributed by atoms with Gasteiger partial charge in [-0.1, -0.05) is 48.5 Å². The van der Waals surface area contributed by atoms with Gasteiger partial charge in [0, 0.05) is 24.7 Å². The average molecular weight is 432 g/mol. The van der Waals surface area contributed by atoms with Crippen LogP contribution in [0.5, 0.6) is 0 Å². The van der Waals surface area contributed by atoms with Gasteiger partial charge in [0.15, 0.2) is 0 Å². The number of anilines is 1.